The van der Waals surface area contributed by atoms with Crippen LogP contribution in [0, 0.1) is 11.8 Å². The Hall–Kier alpha value is -2.20. The van der Waals surface area contributed by atoms with E-state index in [1.807, 2.05) is 27.7 Å². The maximum Gasteiger partial charge on any atom is 0.0530 e. The summed E-state index contributed by atoms with van der Waals surface area (Å²) in [6, 6.07) is 17.3. The van der Waals surface area contributed by atoms with Crippen molar-refractivity contribution in [2.75, 3.05) is 4.90 Å². The van der Waals surface area contributed by atoms with Gasteiger partial charge in [0.05, 0.1) is 5.69 Å². The first kappa shape index (κ1) is 18.8. The molecule has 0 aromatic heterocycles. The minimum atomic E-state index is 0.453. The molecule has 0 unspecified atom stereocenters. The van der Waals surface area contributed by atoms with Gasteiger partial charge in [-0.15, -0.1) is 0 Å². The summed E-state index contributed by atoms with van der Waals surface area (Å²) in [5.41, 5.74) is 4.80. The predicted octanol–water partition coefficient (Wildman–Crippen LogP) is 5.87. The quantitative estimate of drug-likeness (QED) is 0.596. The van der Waals surface area contributed by atoms with Crippen molar-refractivity contribution in [3.63, 3.8) is 0 Å². The highest BCUT2D eigenvalue weighted by Gasteiger charge is 2.16. The van der Waals surface area contributed by atoms with Gasteiger partial charge in [-0.2, -0.15) is 0 Å². The monoisotopic (exact) mass is 307 g/mol. The van der Waals surface area contributed by atoms with Gasteiger partial charge in [0, 0.05) is 23.7 Å². The molecule has 0 saturated carbocycles. The molecule has 1 aliphatic heterocycles. The van der Waals surface area contributed by atoms with Gasteiger partial charge in [0.1, 0.15) is 0 Å². The molecule has 3 rings (SSSR count). The molecule has 0 aliphatic carbocycles. The van der Waals surface area contributed by atoms with Crippen LogP contribution in [0.4, 0.5) is 5.69 Å². The molecule has 0 amide bonds. The molecule has 1 aliphatic rings. The molecule has 2 aromatic rings. The molecule has 0 saturated heterocycles. The van der Waals surface area contributed by atoms with Crippen LogP contribution in [-0.4, -0.2) is 6.04 Å². The third-order valence-corrected chi connectivity index (χ3v) is 3.53. The third kappa shape index (κ3) is 4.63. The first-order valence-electron chi connectivity index (χ1n) is 8.71. The van der Waals surface area contributed by atoms with Crippen molar-refractivity contribution in [2.24, 2.45) is 0 Å². The summed E-state index contributed by atoms with van der Waals surface area (Å²) in [5, 5.41) is 0. The van der Waals surface area contributed by atoms with Gasteiger partial charge in [-0.05, 0) is 37.6 Å². The van der Waals surface area contributed by atoms with Crippen LogP contribution in [0.2, 0.25) is 0 Å². The zero-order valence-electron chi connectivity index (χ0n) is 15.4. The second-order valence-electron chi connectivity index (χ2n) is 5.15. The topological polar surface area (TPSA) is 3.24 Å². The van der Waals surface area contributed by atoms with E-state index < -0.39 is 0 Å². The van der Waals surface area contributed by atoms with E-state index in [2.05, 4.69) is 79.1 Å². The number of hydrogen-bond donors (Lipinski definition) is 0. The van der Waals surface area contributed by atoms with Crippen molar-refractivity contribution in [2.45, 2.75) is 54.1 Å². The fourth-order valence-electron chi connectivity index (χ4n) is 2.47. The standard InChI is InChI=1S/C18H17N.2C2H6/c1-14(2)19-13-17-9-4-3-7-15(17)11-12-16-8-5-6-10-18(16)19;2*1-2/h3-10,14H,13H2,1-2H3;2*1-2H3. The minimum absolute atomic E-state index is 0.453. The first-order chi connectivity index (χ1) is 11.3. The van der Waals surface area contributed by atoms with E-state index in [-0.39, 0.29) is 0 Å². The van der Waals surface area contributed by atoms with Crippen molar-refractivity contribution in [1.29, 1.82) is 0 Å². The Morgan fingerprint density at radius 2 is 1.30 bits per heavy atom. The molecule has 2 aromatic carbocycles. The van der Waals surface area contributed by atoms with Gasteiger partial charge in [0.25, 0.3) is 0 Å². The van der Waals surface area contributed by atoms with Crippen molar-refractivity contribution in [1.82, 2.24) is 0 Å². The number of rotatable bonds is 1. The average Bonchev–Trinajstić information content (AvgIpc) is 2.60. The average molecular weight is 307 g/mol. The highest BCUT2D eigenvalue weighted by molar-refractivity contribution is 5.64. The van der Waals surface area contributed by atoms with Gasteiger partial charge in [0.15, 0.2) is 0 Å². The summed E-state index contributed by atoms with van der Waals surface area (Å²) < 4.78 is 0. The van der Waals surface area contributed by atoms with Crippen LogP contribution < -0.4 is 4.90 Å². The summed E-state index contributed by atoms with van der Waals surface area (Å²) in [6.07, 6.45) is 0. The van der Waals surface area contributed by atoms with Crippen LogP contribution in [0.5, 0.6) is 0 Å². The van der Waals surface area contributed by atoms with Crippen molar-refractivity contribution in [3.8, 4) is 11.8 Å². The van der Waals surface area contributed by atoms with Gasteiger partial charge >= 0.3 is 0 Å². The Bertz CT molecular complexity index is 659. The van der Waals surface area contributed by atoms with Crippen molar-refractivity contribution in [3.05, 3.63) is 65.2 Å². The van der Waals surface area contributed by atoms with Gasteiger partial charge in [0.2, 0.25) is 0 Å². The van der Waals surface area contributed by atoms with Crippen LogP contribution in [-0.2, 0) is 6.54 Å². The Kier molecular flexibility index (Phi) is 7.98. The molecular weight excluding hydrogens is 278 g/mol. The normalized spacial score (nSPS) is 11.2. The summed E-state index contributed by atoms with van der Waals surface area (Å²) in [4.78, 5) is 2.42. The molecule has 0 fully saturated rings. The van der Waals surface area contributed by atoms with E-state index in [4.69, 9.17) is 0 Å². The second-order valence-corrected chi connectivity index (χ2v) is 5.15. The predicted molar refractivity (Wildman–Crippen MR) is 103 cm³/mol. The van der Waals surface area contributed by atoms with E-state index in [1.54, 1.807) is 0 Å². The van der Waals surface area contributed by atoms with Crippen LogP contribution >= 0.6 is 0 Å². The summed E-state index contributed by atoms with van der Waals surface area (Å²) >= 11 is 0. The van der Waals surface area contributed by atoms with Gasteiger partial charge < -0.3 is 4.90 Å². The van der Waals surface area contributed by atoms with E-state index in [0.717, 1.165) is 17.7 Å². The molecular formula is C22H29N. The Balaban J connectivity index is 0.000000615. The number of fused-ring (bicyclic) bond motifs is 2. The molecule has 0 bridgehead atoms. The highest BCUT2D eigenvalue weighted by atomic mass is 15.2. The summed E-state index contributed by atoms with van der Waals surface area (Å²) in [6.45, 7) is 13.4. The lowest BCUT2D eigenvalue weighted by molar-refractivity contribution is 0.681. The van der Waals surface area contributed by atoms with Gasteiger partial charge in [-0.3, -0.25) is 0 Å². The van der Waals surface area contributed by atoms with Gasteiger partial charge in [-0.25, -0.2) is 0 Å². The summed E-state index contributed by atoms with van der Waals surface area (Å²) in [5.74, 6) is 6.62. The zero-order chi connectivity index (χ0) is 17.2. The molecule has 0 atom stereocenters. The molecule has 1 heterocycles. The Morgan fingerprint density at radius 1 is 0.783 bits per heavy atom. The molecule has 0 N–H and O–H groups in total. The van der Waals surface area contributed by atoms with E-state index in [9.17, 15) is 0 Å². The maximum atomic E-state index is 3.31. The lowest BCUT2D eigenvalue weighted by Crippen LogP contribution is -2.31. The fourth-order valence-corrected chi connectivity index (χ4v) is 2.47. The van der Waals surface area contributed by atoms with E-state index in [1.165, 1.54) is 11.3 Å². The Morgan fingerprint density at radius 3 is 1.96 bits per heavy atom. The molecule has 1 nitrogen and oxygen atoms in total. The first-order valence-corrected chi connectivity index (χ1v) is 8.71. The Labute approximate surface area is 142 Å². The molecule has 0 spiro atoms. The lowest BCUT2D eigenvalue weighted by Gasteiger charge is -2.31. The van der Waals surface area contributed by atoms with Crippen LogP contribution in [0.3, 0.4) is 0 Å². The molecule has 0 radical (unpaired) electrons. The summed E-state index contributed by atoms with van der Waals surface area (Å²) in [7, 11) is 0. The van der Waals surface area contributed by atoms with Crippen molar-refractivity contribution < 1.29 is 0 Å². The maximum absolute atomic E-state index is 3.31. The molecule has 1 heteroatoms. The number of benzene rings is 2. The largest absolute Gasteiger partial charge is 0.364 e. The number of nitrogens with zero attached hydrogens (tertiary/aromatic N) is 1. The molecule has 23 heavy (non-hydrogen) atoms. The SMILES string of the molecule is CC.CC.CC(C)N1Cc2ccccc2C#Cc2ccccc21. The smallest absolute Gasteiger partial charge is 0.0530 e. The number of anilines is 1. The van der Waals surface area contributed by atoms with Gasteiger partial charge in [-0.1, -0.05) is 69.9 Å². The third-order valence-electron chi connectivity index (χ3n) is 3.53. The number of hydrogen-bond acceptors (Lipinski definition) is 1. The number of para-hydroxylation sites is 1. The zero-order valence-corrected chi connectivity index (χ0v) is 15.4. The van der Waals surface area contributed by atoms with Crippen LogP contribution in [0.15, 0.2) is 48.5 Å². The highest BCUT2D eigenvalue weighted by Crippen LogP contribution is 2.26. The second kappa shape index (κ2) is 9.74. The fraction of sp³-hybridized carbons (Fsp3) is 0.364. The molecule has 122 valence electrons. The van der Waals surface area contributed by atoms with E-state index in [0.29, 0.717) is 6.04 Å². The minimum Gasteiger partial charge on any atom is -0.364 e. The van der Waals surface area contributed by atoms with Crippen LogP contribution in [0.1, 0.15) is 58.2 Å². The lowest BCUT2D eigenvalue weighted by atomic mass is 10.0. The van der Waals surface area contributed by atoms with E-state index >= 15 is 0 Å². The van der Waals surface area contributed by atoms with Crippen molar-refractivity contribution >= 4 is 5.69 Å². The van der Waals surface area contributed by atoms with Crippen LogP contribution in [0.25, 0.3) is 0 Å².